The molecule has 0 amide bonds. The van der Waals surface area contributed by atoms with Gasteiger partial charge in [0, 0.05) is 0 Å². The van der Waals surface area contributed by atoms with Gasteiger partial charge in [0.1, 0.15) is 0 Å². The van der Waals surface area contributed by atoms with Gasteiger partial charge < -0.3 is 4.57 Å². The summed E-state index contributed by atoms with van der Waals surface area (Å²) in [5.74, 6) is 0. The topological polar surface area (TPSA) is 3.24 Å². The smallest absolute Gasteiger partial charge is 0.0923 e. The van der Waals surface area contributed by atoms with Gasteiger partial charge in [0.2, 0.25) is 0 Å². The molecule has 0 spiro atoms. The fourth-order valence-corrected chi connectivity index (χ4v) is 2.75. The maximum absolute atomic E-state index is 2.67. The Hall–Kier alpha value is 0.177. The molecule has 0 N–H and O–H groups in total. The van der Waals surface area contributed by atoms with Gasteiger partial charge in [0.25, 0.3) is 0 Å². The average molecular weight is 159 g/mol. The van der Waals surface area contributed by atoms with Gasteiger partial charge >= 0.3 is 0 Å². The molecule has 0 aliphatic heterocycles. The molecular weight excluding hydrogens is 138 g/mol. The van der Waals surface area contributed by atoms with Crippen LogP contribution in [-0.2, 0) is 0 Å². The first-order valence-electron chi connectivity index (χ1n) is 4.50. The third-order valence-corrected chi connectivity index (χ3v) is 3.88. The molecule has 0 aliphatic carbocycles. The van der Waals surface area contributed by atoms with Gasteiger partial charge in [0.05, 0.1) is 9.68 Å². The van der Waals surface area contributed by atoms with Gasteiger partial charge in [-0.05, 0) is 25.4 Å². The van der Waals surface area contributed by atoms with Gasteiger partial charge in [-0.2, -0.15) is 0 Å². The summed E-state index contributed by atoms with van der Waals surface area (Å²) in [6.07, 6.45) is 2.62. The maximum Gasteiger partial charge on any atom is 0.0923 e. The van der Waals surface area contributed by atoms with Crippen LogP contribution in [-0.4, -0.2) is 26.8 Å². The number of nitrogens with zero attached hydrogens (tertiary/aromatic N) is 1. The van der Waals surface area contributed by atoms with E-state index < -0.39 is 0 Å². The lowest BCUT2D eigenvalue weighted by Crippen LogP contribution is -2.35. The van der Waals surface area contributed by atoms with Crippen LogP contribution < -0.4 is 0 Å². The van der Waals surface area contributed by atoms with Crippen molar-refractivity contribution in [2.45, 2.75) is 46.2 Å². The molecule has 0 aromatic carbocycles. The second kappa shape index (κ2) is 5.92. The standard InChI is InChI=1S/C8H21NSi/c1-5-7-9(10-4)8(3)6-2/h8H,5-7,10H2,1-4H3. The zero-order chi connectivity index (χ0) is 7.98. The average Bonchev–Trinajstić information content (AvgIpc) is 1.99. The largest absolute Gasteiger partial charge is 0.327 e. The lowest BCUT2D eigenvalue weighted by molar-refractivity contribution is 0.343. The lowest BCUT2D eigenvalue weighted by Gasteiger charge is -2.26. The molecule has 2 heteroatoms. The van der Waals surface area contributed by atoms with Crippen molar-refractivity contribution < 1.29 is 0 Å². The summed E-state index contributed by atoms with van der Waals surface area (Å²) in [4.78, 5) is 0. The van der Waals surface area contributed by atoms with E-state index in [1.54, 1.807) is 0 Å². The molecule has 0 radical (unpaired) electrons. The van der Waals surface area contributed by atoms with E-state index in [1.807, 2.05) is 0 Å². The third-order valence-electron chi connectivity index (χ3n) is 2.13. The zero-order valence-corrected chi connectivity index (χ0v) is 9.27. The summed E-state index contributed by atoms with van der Waals surface area (Å²) in [6.45, 7) is 10.6. The van der Waals surface area contributed by atoms with Crippen molar-refractivity contribution in [2.24, 2.45) is 0 Å². The van der Waals surface area contributed by atoms with Crippen molar-refractivity contribution in [3.05, 3.63) is 0 Å². The quantitative estimate of drug-likeness (QED) is 0.551. The van der Waals surface area contributed by atoms with Crippen LogP contribution in [0.4, 0.5) is 0 Å². The molecule has 0 rings (SSSR count). The lowest BCUT2D eigenvalue weighted by atomic mass is 10.2. The van der Waals surface area contributed by atoms with Crippen molar-refractivity contribution in [2.75, 3.05) is 6.54 Å². The molecule has 1 nitrogen and oxygen atoms in total. The normalized spacial score (nSPS) is 15.3. The van der Waals surface area contributed by atoms with Crippen molar-refractivity contribution in [1.29, 1.82) is 0 Å². The first kappa shape index (κ1) is 10.2. The van der Waals surface area contributed by atoms with Crippen LogP contribution in [0.1, 0.15) is 33.6 Å². The molecular formula is C8H21NSi. The highest BCUT2D eigenvalue weighted by molar-refractivity contribution is 6.29. The fourth-order valence-electron chi connectivity index (χ4n) is 1.24. The minimum absolute atomic E-state index is 0.0919. The zero-order valence-electron chi connectivity index (χ0n) is 7.85. The van der Waals surface area contributed by atoms with Crippen LogP contribution in [0.5, 0.6) is 0 Å². The van der Waals surface area contributed by atoms with E-state index in [0.29, 0.717) is 0 Å². The molecule has 0 saturated carbocycles. The van der Waals surface area contributed by atoms with E-state index >= 15 is 0 Å². The summed E-state index contributed by atoms with van der Waals surface area (Å²) in [5.41, 5.74) is 0. The van der Waals surface area contributed by atoms with Crippen molar-refractivity contribution in [3.8, 4) is 0 Å². The Labute approximate surface area is 67.7 Å². The third kappa shape index (κ3) is 3.37. The summed E-state index contributed by atoms with van der Waals surface area (Å²) in [5, 5.41) is 0. The van der Waals surface area contributed by atoms with Gasteiger partial charge in [0.15, 0.2) is 0 Å². The second-order valence-corrected chi connectivity index (χ2v) is 4.33. The monoisotopic (exact) mass is 159 g/mol. The minimum Gasteiger partial charge on any atom is -0.327 e. The number of hydrogen-bond acceptors (Lipinski definition) is 1. The highest BCUT2D eigenvalue weighted by Crippen LogP contribution is 2.01. The maximum atomic E-state index is 2.67. The van der Waals surface area contributed by atoms with Crippen LogP contribution in [0.15, 0.2) is 0 Å². The van der Waals surface area contributed by atoms with E-state index in [0.717, 1.165) is 6.04 Å². The highest BCUT2D eigenvalue weighted by Gasteiger charge is 2.06. The van der Waals surface area contributed by atoms with Crippen LogP contribution >= 0.6 is 0 Å². The van der Waals surface area contributed by atoms with Crippen LogP contribution in [0.3, 0.4) is 0 Å². The Morgan fingerprint density at radius 1 is 1.40 bits per heavy atom. The van der Waals surface area contributed by atoms with Gasteiger partial charge in [-0.15, -0.1) is 0 Å². The molecule has 0 aromatic heterocycles. The van der Waals surface area contributed by atoms with Crippen LogP contribution in [0.25, 0.3) is 0 Å². The summed E-state index contributed by atoms with van der Waals surface area (Å²) < 4.78 is 2.67. The molecule has 62 valence electrons. The van der Waals surface area contributed by atoms with Crippen LogP contribution in [0, 0.1) is 0 Å². The molecule has 0 heterocycles. The van der Waals surface area contributed by atoms with Crippen molar-refractivity contribution >= 4 is 9.68 Å². The molecule has 10 heavy (non-hydrogen) atoms. The first-order valence-corrected chi connectivity index (χ1v) is 6.54. The summed E-state index contributed by atoms with van der Waals surface area (Å²) in [7, 11) is 0.0919. The fraction of sp³-hybridized carbons (Fsp3) is 1.00. The molecule has 1 atom stereocenters. The molecule has 0 saturated heterocycles. The predicted octanol–water partition coefficient (Wildman–Crippen LogP) is 1.63. The minimum atomic E-state index is 0.0919. The Balaban J connectivity index is 3.56. The Kier molecular flexibility index (Phi) is 6.03. The Bertz CT molecular complexity index is 75.7. The van der Waals surface area contributed by atoms with E-state index in [9.17, 15) is 0 Å². The highest BCUT2D eigenvalue weighted by atomic mass is 28.2. The molecule has 0 fully saturated rings. The van der Waals surface area contributed by atoms with Crippen LogP contribution in [0.2, 0.25) is 6.55 Å². The van der Waals surface area contributed by atoms with E-state index in [4.69, 9.17) is 0 Å². The first-order chi connectivity index (χ1) is 4.76. The predicted molar refractivity (Wildman–Crippen MR) is 51.2 cm³/mol. The second-order valence-electron chi connectivity index (χ2n) is 2.89. The SMILES string of the molecule is CCCN([SiH2]C)C(C)CC. The van der Waals surface area contributed by atoms with Gasteiger partial charge in [-0.1, -0.05) is 27.3 Å². The number of hydrogen-bond donors (Lipinski definition) is 0. The van der Waals surface area contributed by atoms with E-state index in [1.165, 1.54) is 19.4 Å². The summed E-state index contributed by atoms with van der Waals surface area (Å²) in [6, 6.07) is 0.830. The Morgan fingerprint density at radius 3 is 2.30 bits per heavy atom. The number of rotatable bonds is 5. The summed E-state index contributed by atoms with van der Waals surface area (Å²) >= 11 is 0. The Morgan fingerprint density at radius 2 is 2.00 bits per heavy atom. The van der Waals surface area contributed by atoms with Gasteiger partial charge in [-0.25, -0.2) is 0 Å². The van der Waals surface area contributed by atoms with E-state index in [-0.39, 0.29) is 9.68 Å². The van der Waals surface area contributed by atoms with Crippen molar-refractivity contribution in [3.63, 3.8) is 0 Å². The molecule has 0 bridgehead atoms. The molecule has 1 unspecified atom stereocenters. The molecule has 0 aliphatic rings. The van der Waals surface area contributed by atoms with E-state index in [2.05, 4.69) is 31.9 Å². The van der Waals surface area contributed by atoms with Gasteiger partial charge in [-0.3, -0.25) is 0 Å². The van der Waals surface area contributed by atoms with Crippen molar-refractivity contribution in [1.82, 2.24) is 4.57 Å². The molecule has 0 aromatic rings.